The van der Waals surface area contributed by atoms with Crippen molar-refractivity contribution in [3.63, 3.8) is 0 Å². The maximum absolute atomic E-state index is 13.3. The SMILES string of the molecule is Fc1ccc(F)c(-c2nc(CCl)cs2)c1. The Morgan fingerprint density at radius 2 is 2.13 bits per heavy atom. The molecule has 0 amide bonds. The molecule has 0 radical (unpaired) electrons. The molecular formula is C10H6ClF2NS. The molecule has 2 rings (SSSR count). The molecule has 0 aliphatic rings. The summed E-state index contributed by atoms with van der Waals surface area (Å²) < 4.78 is 26.2. The first-order valence-electron chi connectivity index (χ1n) is 4.16. The minimum absolute atomic E-state index is 0.177. The van der Waals surface area contributed by atoms with Gasteiger partial charge in [0.25, 0.3) is 0 Å². The summed E-state index contributed by atoms with van der Waals surface area (Å²) in [5.74, 6) is -0.686. The van der Waals surface area contributed by atoms with Crippen LogP contribution in [0, 0.1) is 11.6 Å². The maximum atomic E-state index is 13.3. The van der Waals surface area contributed by atoms with Crippen molar-refractivity contribution in [2.24, 2.45) is 0 Å². The van der Waals surface area contributed by atoms with E-state index in [9.17, 15) is 8.78 Å². The lowest BCUT2D eigenvalue weighted by Crippen LogP contribution is -1.86. The molecule has 15 heavy (non-hydrogen) atoms. The van der Waals surface area contributed by atoms with Crippen molar-refractivity contribution in [1.82, 2.24) is 4.98 Å². The van der Waals surface area contributed by atoms with Crippen LogP contribution >= 0.6 is 22.9 Å². The molecule has 0 spiro atoms. The molecule has 0 saturated carbocycles. The summed E-state index contributed by atoms with van der Waals surface area (Å²) in [5.41, 5.74) is 0.844. The van der Waals surface area contributed by atoms with Gasteiger partial charge in [-0.15, -0.1) is 22.9 Å². The third-order valence-corrected chi connectivity index (χ3v) is 3.05. The van der Waals surface area contributed by atoms with E-state index in [1.807, 2.05) is 0 Å². The van der Waals surface area contributed by atoms with E-state index in [1.165, 1.54) is 11.3 Å². The quantitative estimate of drug-likeness (QED) is 0.733. The topological polar surface area (TPSA) is 12.9 Å². The van der Waals surface area contributed by atoms with E-state index >= 15 is 0 Å². The van der Waals surface area contributed by atoms with Gasteiger partial charge in [-0.05, 0) is 18.2 Å². The van der Waals surface area contributed by atoms with Crippen LogP contribution in [-0.2, 0) is 5.88 Å². The number of thiazole rings is 1. The highest BCUT2D eigenvalue weighted by Gasteiger charge is 2.10. The lowest BCUT2D eigenvalue weighted by molar-refractivity contribution is 0.603. The third-order valence-electron chi connectivity index (χ3n) is 1.85. The van der Waals surface area contributed by atoms with E-state index < -0.39 is 11.6 Å². The molecule has 1 aromatic carbocycles. The summed E-state index contributed by atoms with van der Waals surface area (Å²) in [6.07, 6.45) is 0. The Balaban J connectivity index is 2.48. The first-order valence-corrected chi connectivity index (χ1v) is 5.58. The van der Waals surface area contributed by atoms with Crippen LogP contribution in [0.1, 0.15) is 5.69 Å². The highest BCUT2D eigenvalue weighted by molar-refractivity contribution is 7.13. The van der Waals surface area contributed by atoms with Gasteiger partial charge in [0.15, 0.2) is 0 Å². The molecule has 5 heteroatoms. The predicted octanol–water partition coefficient (Wildman–Crippen LogP) is 3.83. The Morgan fingerprint density at radius 3 is 2.80 bits per heavy atom. The first kappa shape index (κ1) is 10.5. The Kier molecular flexibility index (Phi) is 2.98. The molecular weight excluding hydrogens is 240 g/mol. The number of halogens is 3. The Morgan fingerprint density at radius 1 is 1.33 bits per heavy atom. The van der Waals surface area contributed by atoms with E-state index in [1.54, 1.807) is 5.38 Å². The lowest BCUT2D eigenvalue weighted by Gasteiger charge is -1.98. The molecule has 0 unspecified atom stereocenters. The second-order valence-corrected chi connectivity index (χ2v) is 4.03. The van der Waals surface area contributed by atoms with E-state index in [-0.39, 0.29) is 11.4 Å². The predicted molar refractivity (Wildman–Crippen MR) is 57.0 cm³/mol. The van der Waals surface area contributed by atoms with Crippen LogP contribution in [0.5, 0.6) is 0 Å². The van der Waals surface area contributed by atoms with Gasteiger partial charge in [0.05, 0.1) is 11.6 Å². The summed E-state index contributed by atoms with van der Waals surface area (Å²) in [6, 6.07) is 3.30. The van der Waals surface area contributed by atoms with E-state index in [0.29, 0.717) is 10.7 Å². The summed E-state index contributed by atoms with van der Waals surface area (Å²) in [7, 11) is 0. The van der Waals surface area contributed by atoms with Crippen molar-refractivity contribution in [2.75, 3.05) is 0 Å². The average molecular weight is 246 g/mol. The van der Waals surface area contributed by atoms with Crippen LogP contribution < -0.4 is 0 Å². The fraction of sp³-hybridized carbons (Fsp3) is 0.100. The van der Waals surface area contributed by atoms with Gasteiger partial charge in [-0.2, -0.15) is 0 Å². The summed E-state index contributed by atoms with van der Waals surface area (Å²) in [6.45, 7) is 0. The van der Waals surface area contributed by atoms with Gasteiger partial charge in [-0.25, -0.2) is 13.8 Å². The van der Waals surface area contributed by atoms with Crippen LogP contribution in [0.4, 0.5) is 8.78 Å². The zero-order valence-electron chi connectivity index (χ0n) is 7.51. The van der Waals surface area contributed by atoms with Crippen LogP contribution in [-0.4, -0.2) is 4.98 Å². The highest BCUT2D eigenvalue weighted by atomic mass is 35.5. The van der Waals surface area contributed by atoms with Crippen molar-refractivity contribution in [3.8, 4) is 10.6 Å². The normalized spacial score (nSPS) is 10.6. The fourth-order valence-electron chi connectivity index (χ4n) is 1.15. The fourth-order valence-corrected chi connectivity index (χ4v) is 2.22. The van der Waals surface area contributed by atoms with E-state index in [2.05, 4.69) is 4.98 Å². The molecule has 2 aromatic rings. The summed E-state index contributed by atoms with van der Waals surface area (Å²) in [4.78, 5) is 4.08. The maximum Gasteiger partial charge on any atom is 0.133 e. The van der Waals surface area contributed by atoms with Crippen LogP contribution in [0.15, 0.2) is 23.6 Å². The van der Waals surface area contributed by atoms with Gasteiger partial charge < -0.3 is 0 Å². The monoisotopic (exact) mass is 245 g/mol. The van der Waals surface area contributed by atoms with Crippen molar-refractivity contribution in [1.29, 1.82) is 0 Å². The molecule has 0 bridgehead atoms. The number of alkyl halides is 1. The average Bonchev–Trinajstić information content (AvgIpc) is 2.70. The lowest BCUT2D eigenvalue weighted by atomic mass is 10.2. The second kappa shape index (κ2) is 4.24. The smallest absolute Gasteiger partial charge is 0.133 e. The van der Waals surface area contributed by atoms with Crippen molar-refractivity contribution in [2.45, 2.75) is 5.88 Å². The highest BCUT2D eigenvalue weighted by Crippen LogP contribution is 2.27. The number of nitrogens with zero attached hydrogens (tertiary/aromatic N) is 1. The Labute approximate surface area is 94.3 Å². The molecule has 1 aromatic heterocycles. The summed E-state index contributed by atoms with van der Waals surface area (Å²) in [5, 5.41) is 2.18. The zero-order chi connectivity index (χ0) is 10.8. The number of benzene rings is 1. The molecule has 0 atom stereocenters. The molecule has 0 aliphatic carbocycles. The minimum atomic E-state index is -0.480. The van der Waals surface area contributed by atoms with E-state index in [4.69, 9.17) is 11.6 Å². The zero-order valence-corrected chi connectivity index (χ0v) is 9.08. The number of rotatable bonds is 2. The Bertz CT molecular complexity index is 484. The van der Waals surface area contributed by atoms with Crippen molar-refractivity contribution < 1.29 is 8.78 Å². The van der Waals surface area contributed by atoms with Crippen LogP contribution in [0.2, 0.25) is 0 Å². The number of hydrogen-bond acceptors (Lipinski definition) is 2. The molecule has 78 valence electrons. The molecule has 1 heterocycles. The first-order chi connectivity index (χ1) is 7.20. The van der Waals surface area contributed by atoms with Crippen molar-refractivity contribution >= 4 is 22.9 Å². The number of hydrogen-bond donors (Lipinski definition) is 0. The second-order valence-electron chi connectivity index (χ2n) is 2.90. The third kappa shape index (κ3) is 2.16. The van der Waals surface area contributed by atoms with Gasteiger partial charge in [0.2, 0.25) is 0 Å². The largest absolute Gasteiger partial charge is 0.240 e. The van der Waals surface area contributed by atoms with Gasteiger partial charge >= 0.3 is 0 Å². The van der Waals surface area contributed by atoms with Gasteiger partial charge in [-0.1, -0.05) is 0 Å². The van der Waals surface area contributed by atoms with Gasteiger partial charge in [0, 0.05) is 10.9 Å². The van der Waals surface area contributed by atoms with Crippen LogP contribution in [0.25, 0.3) is 10.6 Å². The van der Waals surface area contributed by atoms with Gasteiger partial charge in [0.1, 0.15) is 16.6 Å². The summed E-state index contributed by atoms with van der Waals surface area (Å²) >= 11 is 6.82. The molecule has 1 nitrogen and oxygen atoms in total. The molecule has 0 aliphatic heterocycles. The Hall–Kier alpha value is -1.000. The minimum Gasteiger partial charge on any atom is -0.240 e. The molecule has 0 N–H and O–H groups in total. The van der Waals surface area contributed by atoms with Crippen LogP contribution in [0.3, 0.4) is 0 Å². The standard InChI is InChI=1S/C10H6ClF2NS/c11-4-7-5-15-10(14-7)8-3-6(12)1-2-9(8)13/h1-3,5H,4H2. The molecule has 0 fully saturated rings. The van der Waals surface area contributed by atoms with E-state index in [0.717, 1.165) is 18.2 Å². The number of aromatic nitrogens is 1. The molecule has 0 saturated heterocycles. The van der Waals surface area contributed by atoms with Crippen molar-refractivity contribution in [3.05, 3.63) is 40.9 Å². The van der Waals surface area contributed by atoms with Gasteiger partial charge in [-0.3, -0.25) is 0 Å².